The summed E-state index contributed by atoms with van der Waals surface area (Å²) in [6.45, 7) is 6.05. The quantitative estimate of drug-likeness (QED) is 0.755. The van der Waals surface area contributed by atoms with Crippen LogP contribution >= 0.6 is 0 Å². The van der Waals surface area contributed by atoms with E-state index in [4.69, 9.17) is 4.74 Å². The Hall–Kier alpha value is -0.120. The Kier molecular flexibility index (Phi) is 3.18. The zero-order valence-electron chi connectivity index (χ0n) is 10.9. The van der Waals surface area contributed by atoms with Crippen LogP contribution in [0.5, 0.6) is 0 Å². The van der Waals surface area contributed by atoms with Gasteiger partial charge in [-0.2, -0.15) is 0 Å². The largest absolute Gasteiger partial charge is 0.388 e. The van der Waals surface area contributed by atoms with Crippen LogP contribution in [0.1, 0.15) is 39.0 Å². The van der Waals surface area contributed by atoms with Gasteiger partial charge in [0.15, 0.2) is 0 Å². The molecule has 0 aromatic heterocycles. The van der Waals surface area contributed by atoms with Crippen molar-refractivity contribution in [3.63, 3.8) is 0 Å². The summed E-state index contributed by atoms with van der Waals surface area (Å²) in [5, 5.41) is 10.9. The van der Waals surface area contributed by atoms with Crippen molar-refractivity contribution in [2.45, 2.75) is 50.7 Å². The molecule has 1 saturated carbocycles. The van der Waals surface area contributed by atoms with Crippen LogP contribution in [0, 0.1) is 11.8 Å². The maximum Gasteiger partial charge on any atom is 0.0827 e. The second-order valence-corrected chi connectivity index (χ2v) is 6.32. The highest BCUT2D eigenvalue weighted by molar-refractivity contribution is 5.03. The second-order valence-electron chi connectivity index (χ2n) is 6.32. The Bertz CT molecular complexity index is 273. The molecule has 1 N–H and O–H groups in total. The fraction of sp³-hybridized carbons (Fsp3) is 1.00. The number of nitrogens with zero attached hydrogens (tertiary/aromatic N) is 1. The van der Waals surface area contributed by atoms with Gasteiger partial charge in [-0.15, -0.1) is 0 Å². The molecule has 2 heterocycles. The van der Waals surface area contributed by atoms with Crippen LogP contribution < -0.4 is 0 Å². The van der Waals surface area contributed by atoms with Crippen LogP contribution in [-0.4, -0.2) is 48.0 Å². The van der Waals surface area contributed by atoms with Gasteiger partial charge in [0.25, 0.3) is 0 Å². The summed E-state index contributed by atoms with van der Waals surface area (Å²) in [4.78, 5) is 2.54. The number of rotatable bonds is 1. The van der Waals surface area contributed by atoms with Crippen LogP contribution in [0.25, 0.3) is 0 Å². The molecule has 3 aliphatic rings. The molecule has 17 heavy (non-hydrogen) atoms. The first kappa shape index (κ1) is 11.9. The fourth-order valence-corrected chi connectivity index (χ4v) is 4.22. The lowest BCUT2D eigenvalue weighted by molar-refractivity contribution is -0.113. The van der Waals surface area contributed by atoms with Crippen molar-refractivity contribution in [2.75, 3.05) is 26.3 Å². The van der Waals surface area contributed by atoms with E-state index in [1.807, 2.05) is 0 Å². The molecule has 3 heteroatoms. The van der Waals surface area contributed by atoms with E-state index in [0.717, 1.165) is 19.6 Å². The first-order valence-electron chi connectivity index (χ1n) is 7.24. The van der Waals surface area contributed by atoms with Gasteiger partial charge < -0.3 is 9.84 Å². The van der Waals surface area contributed by atoms with Crippen molar-refractivity contribution >= 4 is 0 Å². The molecule has 4 atom stereocenters. The molecule has 0 bridgehead atoms. The van der Waals surface area contributed by atoms with Gasteiger partial charge in [-0.3, -0.25) is 4.90 Å². The van der Waals surface area contributed by atoms with Gasteiger partial charge in [-0.1, -0.05) is 6.42 Å². The Labute approximate surface area is 104 Å². The molecule has 0 unspecified atom stereocenters. The Balaban J connectivity index is 1.75. The summed E-state index contributed by atoms with van der Waals surface area (Å²) in [6.07, 6.45) is 6.36. The molecule has 3 rings (SSSR count). The molecule has 0 aromatic rings. The summed E-state index contributed by atoms with van der Waals surface area (Å²) >= 11 is 0. The van der Waals surface area contributed by atoms with Crippen LogP contribution in [0.4, 0.5) is 0 Å². The van der Waals surface area contributed by atoms with E-state index in [1.165, 1.54) is 38.8 Å². The molecule has 0 aromatic carbocycles. The minimum atomic E-state index is -0.545. The standard InChI is InChI=1S/C14H25NO2/c1-14(16)12-10-17-9-11(12)5-6-13(14)15-7-3-2-4-8-15/h11-13,16H,2-10H2,1H3/t11-,12-,13-,14+/m0/s1. The topological polar surface area (TPSA) is 32.7 Å². The monoisotopic (exact) mass is 239 g/mol. The van der Waals surface area contributed by atoms with Crippen LogP contribution in [0.3, 0.4) is 0 Å². The first-order valence-corrected chi connectivity index (χ1v) is 7.24. The average molecular weight is 239 g/mol. The van der Waals surface area contributed by atoms with Crippen molar-refractivity contribution in [3.8, 4) is 0 Å². The van der Waals surface area contributed by atoms with Crippen molar-refractivity contribution in [1.82, 2.24) is 4.90 Å². The summed E-state index contributed by atoms with van der Waals surface area (Å²) < 4.78 is 5.58. The SMILES string of the molecule is C[C@]1(O)[C@@H](N2CCCCC2)CC[C@H]2COC[C@@H]21. The lowest BCUT2D eigenvalue weighted by atomic mass is 9.68. The second kappa shape index (κ2) is 4.52. The average Bonchev–Trinajstić information content (AvgIpc) is 2.80. The highest BCUT2D eigenvalue weighted by Crippen LogP contribution is 2.43. The van der Waals surface area contributed by atoms with Crippen molar-refractivity contribution < 1.29 is 9.84 Å². The zero-order chi connectivity index (χ0) is 11.9. The number of likely N-dealkylation sites (tertiary alicyclic amines) is 1. The van der Waals surface area contributed by atoms with Crippen LogP contribution in [-0.2, 0) is 4.74 Å². The normalized spacial score (nSPS) is 48.0. The minimum absolute atomic E-state index is 0.364. The van der Waals surface area contributed by atoms with Gasteiger partial charge in [0.2, 0.25) is 0 Å². The Morgan fingerprint density at radius 2 is 1.88 bits per heavy atom. The van der Waals surface area contributed by atoms with E-state index < -0.39 is 5.60 Å². The van der Waals surface area contributed by atoms with E-state index in [9.17, 15) is 5.11 Å². The molecular weight excluding hydrogens is 214 g/mol. The molecule has 2 aliphatic heterocycles. The van der Waals surface area contributed by atoms with Gasteiger partial charge >= 0.3 is 0 Å². The predicted molar refractivity (Wildman–Crippen MR) is 66.9 cm³/mol. The summed E-state index contributed by atoms with van der Waals surface area (Å²) in [5.74, 6) is 0.967. The molecule has 1 aliphatic carbocycles. The number of piperidine rings is 1. The van der Waals surface area contributed by atoms with E-state index in [-0.39, 0.29) is 0 Å². The maximum absolute atomic E-state index is 10.9. The first-order chi connectivity index (χ1) is 8.19. The van der Waals surface area contributed by atoms with Crippen molar-refractivity contribution in [3.05, 3.63) is 0 Å². The van der Waals surface area contributed by atoms with Crippen LogP contribution in [0.2, 0.25) is 0 Å². The predicted octanol–water partition coefficient (Wildman–Crippen LogP) is 1.65. The molecule has 0 radical (unpaired) electrons. The molecular formula is C14H25NO2. The molecule has 3 fully saturated rings. The van der Waals surface area contributed by atoms with E-state index >= 15 is 0 Å². The highest BCUT2D eigenvalue weighted by Gasteiger charge is 2.51. The Morgan fingerprint density at radius 1 is 1.12 bits per heavy atom. The fourth-order valence-electron chi connectivity index (χ4n) is 4.22. The lowest BCUT2D eigenvalue weighted by Crippen LogP contribution is -2.60. The minimum Gasteiger partial charge on any atom is -0.388 e. The van der Waals surface area contributed by atoms with Gasteiger partial charge in [0.05, 0.1) is 12.2 Å². The molecule has 0 spiro atoms. The third-order valence-electron chi connectivity index (χ3n) is 5.27. The third-order valence-corrected chi connectivity index (χ3v) is 5.27. The highest BCUT2D eigenvalue weighted by atomic mass is 16.5. The van der Waals surface area contributed by atoms with Gasteiger partial charge in [-0.05, 0) is 51.6 Å². The number of fused-ring (bicyclic) bond motifs is 1. The smallest absolute Gasteiger partial charge is 0.0827 e. The maximum atomic E-state index is 10.9. The van der Waals surface area contributed by atoms with Gasteiger partial charge in [0.1, 0.15) is 0 Å². The van der Waals surface area contributed by atoms with Crippen molar-refractivity contribution in [1.29, 1.82) is 0 Å². The van der Waals surface area contributed by atoms with E-state index in [0.29, 0.717) is 17.9 Å². The number of hydrogen-bond donors (Lipinski definition) is 1. The van der Waals surface area contributed by atoms with Gasteiger partial charge in [0, 0.05) is 18.6 Å². The van der Waals surface area contributed by atoms with Gasteiger partial charge in [-0.25, -0.2) is 0 Å². The number of ether oxygens (including phenoxy) is 1. The van der Waals surface area contributed by atoms with E-state index in [1.54, 1.807) is 0 Å². The Morgan fingerprint density at radius 3 is 2.65 bits per heavy atom. The van der Waals surface area contributed by atoms with E-state index in [2.05, 4.69) is 11.8 Å². The summed E-state index contributed by atoms with van der Waals surface area (Å²) in [7, 11) is 0. The molecule has 2 saturated heterocycles. The molecule has 98 valence electrons. The number of hydrogen-bond acceptors (Lipinski definition) is 3. The third kappa shape index (κ3) is 2.02. The summed E-state index contributed by atoms with van der Waals surface area (Å²) in [6, 6.07) is 0.366. The molecule has 0 amide bonds. The molecule has 3 nitrogen and oxygen atoms in total. The lowest BCUT2D eigenvalue weighted by Gasteiger charge is -2.50. The zero-order valence-corrected chi connectivity index (χ0v) is 10.9. The van der Waals surface area contributed by atoms with Crippen molar-refractivity contribution in [2.24, 2.45) is 11.8 Å². The van der Waals surface area contributed by atoms with Crippen LogP contribution in [0.15, 0.2) is 0 Å². The summed E-state index contributed by atoms with van der Waals surface area (Å²) in [5.41, 5.74) is -0.545. The number of aliphatic hydroxyl groups is 1.